The first-order valence-corrected chi connectivity index (χ1v) is 24.3. The Bertz CT molecular complexity index is 3710. The summed E-state index contributed by atoms with van der Waals surface area (Å²) < 4.78 is 0. The van der Waals surface area contributed by atoms with Crippen molar-refractivity contribution in [2.75, 3.05) is 20.4 Å². The average Bonchev–Trinajstić information content (AvgIpc) is 3.91. The molecule has 0 spiro atoms. The summed E-state index contributed by atoms with van der Waals surface area (Å²) in [5.41, 5.74) is 16.1. The number of para-hydroxylation sites is 6. The summed E-state index contributed by atoms with van der Waals surface area (Å²) in [5.74, 6) is 0. The molecule has 70 heavy (non-hydrogen) atoms. The first-order valence-electron chi connectivity index (χ1n) is 24.3. The van der Waals surface area contributed by atoms with Crippen LogP contribution in [0.5, 0.6) is 0 Å². The Hall–Kier alpha value is -8.86. The molecule has 13 rings (SSSR count). The zero-order valence-corrected chi connectivity index (χ0v) is 39.7. The molecule has 4 heteroatoms. The number of hydrogen-bond acceptors (Lipinski definition) is 4. The van der Waals surface area contributed by atoms with E-state index in [2.05, 4.69) is 267 Å². The van der Waals surface area contributed by atoms with E-state index in [-0.39, 0.29) is 0 Å². The second-order valence-electron chi connectivity index (χ2n) is 18.8. The standard InChI is InChI=1S/C66H50N4/c1-41-21-11-15-33-53(41)69(54-34-16-12-22-42(54)2)57-39-37-51-59-47(57)29-19-31-49(59)61-63(51)66(68-46-27-9-6-10-28-46)64-52-38-40-58(70(55-35-17-13-23-43(55)3)56-36-18-14-24-44(56)4)48-30-20-32-50(60(48)52)62(64)65(61)67-45-25-7-5-8-26-45/h5-40,67-68H,1-4H3. The second-order valence-corrected chi connectivity index (χ2v) is 18.8. The number of fused-ring (bicyclic) bond motifs is 6. The fourth-order valence-corrected chi connectivity index (χ4v) is 11.5. The summed E-state index contributed by atoms with van der Waals surface area (Å²) in [4.78, 5) is 4.93. The quantitative estimate of drug-likeness (QED) is 0.134. The van der Waals surface area contributed by atoms with E-state index in [9.17, 15) is 0 Å². The Balaban J connectivity index is 1.19. The highest BCUT2D eigenvalue weighted by Crippen LogP contribution is 2.57. The van der Waals surface area contributed by atoms with Gasteiger partial charge in [0.2, 0.25) is 0 Å². The second kappa shape index (κ2) is 16.4. The molecule has 4 nitrogen and oxygen atoms in total. The molecule has 0 aliphatic carbocycles. The first-order chi connectivity index (χ1) is 34.4. The molecule has 0 radical (unpaired) electrons. The maximum absolute atomic E-state index is 4.11. The van der Waals surface area contributed by atoms with Crippen molar-refractivity contribution in [2.24, 2.45) is 0 Å². The predicted octanol–water partition coefficient (Wildman–Crippen LogP) is 19.1. The van der Waals surface area contributed by atoms with Gasteiger partial charge in [-0.25, -0.2) is 0 Å². The monoisotopic (exact) mass is 898 g/mol. The molecule has 0 aliphatic heterocycles. The molecule has 334 valence electrons. The third kappa shape index (κ3) is 6.37. The number of anilines is 10. The van der Waals surface area contributed by atoms with Crippen LogP contribution in [0.2, 0.25) is 0 Å². The van der Waals surface area contributed by atoms with Gasteiger partial charge >= 0.3 is 0 Å². The van der Waals surface area contributed by atoms with Crippen LogP contribution >= 0.6 is 0 Å². The highest BCUT2D eigenvalue weighted by atomic mass is 15.2. The Kier molecular flexibility index (Phi) is 9.70. The van der Waals surface area contributed by atoms with Crippen molar-refractivity contribution >= 4 is 122 Å². The predicted molar refractivity (Wildman–Crippen MR) is 302 cm³/mol. The summed E-state index contributed by atoms with van der Waals surface area (Å²) in [5, 5.41) is 22.8. The van der Waals surface area contributed by atoms with Crippen LogP contribution < -0.4 is 20.4 Å². The Morgan fingerprint density at radius 2 is 0.514 bits per heavy atom. The highest BCUT2D eigenvalue weighted by molar-refractivity contribution is 6.47. The van der Waals surface area contributed by atoms with Gasteiger partial charge in [-0.2, -0.15) is 0 Å². The molecule has 0 atom stereocenters. The molecular weight excluding hydrogens is 849 g/mol. The minimum Gasteiger partial charge on any atom is -0.354 e. The van der Waals surface area contributed by atoms with Crippen LogP contribution in [0.1, 0.15) is 22.3 Å². The van der Waals surface area contributed by atoms with E-state index in [0.717, 1.165) is 56.9 Å². The van der Waals surface area contributed by atoms with Gasteiger partial charge in [-0.3, -0.25) is 0 Å². The minimum atomic E-state index is 1.04. The van der Waals surface area contributed by atoms with E-state index >= 15 is 0 Å². The molecule has 0 aliphatic rings. The molecular formula is C66H50N4. The van der Waals surface area contributed by atoms with E-state index in [1.165, 1.54) is 86.9 Å². The molecule has 13 aromatic rings. The molecule has 0 saturated heterocycles. The van der Waals surface area contributed by atoms with E-state index in [4.69, 9.17) is 0 Å². The van der Waals surface area contributed by atoms with Crippen LogP contribution in [0.4, 0.5) is 56.9 Å². The van der Waals surface area contributed by atoms with Crippen LogP contribution in [0, 0.1) is 27.7 Å². The van der Waals surface area contributed by atoms with Gasteiger partial charge in [0.25, 0.3) is 0 Å². The maximum atomic E-state index is 4.11. The molecule has 0 saturated carbocycles. The van der Waals surface area contributed by atoms with Crippen molar-refractivity contribution in [2.45, 2.75) is 27.7 Å². The molecule has 13 aromatic carbocycles. The molecule has 2 N–H and O–H groups in total. The van der Waals surface area contributed by atoms with Gasteiger partial charge < -0.3 is 20.4 Å². The van der Waals surface area contributed by atoms with Gasteiger partial charge in [0.15, 0.2) is 0 Å². The summed E-state index contributed by atoms with van der Waals surface area (Å²) in [7, 11) is 0. The lowest BCUT2D eigenvalue weighted by molar-refractivity contribution is 1.24. The Morgan fingerprint density at radius 3 is 0.843 bits per heavy atom. The third-order valence-electron chi connectivity index (χ3n) is 14.6. The lowest BCUT2D eigenvalue weighted by Gasteiger charge is -2.29. The van der Waals surface area contributed by atoms with Crippen molar-refractivity contribution in [3.63, 3.8) is 0 Å². The van der Waals surface area contributed by atoms with Crippen molar-refractivity contribution in [3.05, 3.63) is 241 Å². The van der Waals surface area contributed by atoms with Crippen molar-refractivity contribution < 1.29 is 0 Å². The molecule has 0 amide bonds. The van der Waals surface area contributed by atoms with E-state index in [1.807, 2.05) is 0 Å². The lowest BCUT2D eigenvalue weighted by atomic mass is 9.99. The van der Waals surface area contributed by atoms with Crippen LogP contribution in [-0.2, 0) is 0 Å². The van der Waals surface area contributed by atoms with Crippen molar-refractivity contribution in [1.82, 2.24) is 0 Å². The number of aryl methyl sites for hydroxylation is 4. The molecule has 0 bridgehead atoms. The number of rotatable bonds is 10. The zero-order chi connectivity index (χ0) is 47.0. The normalized spacial score (nSPS) is 11.7. The molecule has 0 unspecified atom stereocenters. The van der Waals surface area contributed by atoms with Gasteiger partial charge in [0.1, 0.15) is 0 Å². The van der Waals surface area contributed by atoms with Crippen LogP contribution in [-0.4, -0.2) is 0 Å². The maximum Gasteiger partial charge on any atom is 0.0558 e. The Morgan fingerprint density at radius 1 is 0.229 bits per heavy atom. The topological polar surface area (TPSA) is 30.5 Å². The van der Waals surface area contributed by atoms with Gasteiger partial charge in [-0.15, -0.1) is 0 Å². The third-order valence-corrected chi connectivity index (χ3v) is 14.6. The smallest absolute Gasteiger partial charge is 0.0558 e. The SMILES string of the molecule is Cc1ccccc1N(c1ccccc1C)c1ccc2c3c(Nc4ccccc4)c4c5ccc(N(c6ccccc6C)c6ccccc6C)c6cccc(c4c(Nc4ccccc4)c3c3cccc1c32)c65. The summed E-state index contributed by atoms with van der Waals surface area (Å²) >= 11 is 0. The fourth-order valence-electron chi connectivity index (χ4n) is 11.5. The summed E-state index contributed by atoms with van der Waals surface area (Å²) in [6.45, 7) is 8.85. The van der Waals surface area contributed by atoms with Crippen LogP contribution in [0.25, 0.3) is 64.6 Å². The van der Waals surface area contributed by atoms with E-state index in [1.54, 1.807) is 0 Å². The van der Waals surface area contributed by atoms with E-state index < -0.39 is 0 Å². The summed E-state index contributed by atoms with van der Waals surface area (Å²) in [6.07, 6.45) is 0. The average molecular weight is 899 g/mol. The first kappa shape index (κ1) is 41.3. The van der Waals surface area contributed by atoms with E-state index in [0.29, 0.717) is 0 Å². The van der Waals surface area contributed by atoms with Gasteiger partial charge in [0, 0.05) is 66.4 Å². The number of benzene rings is 11. The molecule has 0 fully saturated rings. The number of nitrogens with one attached hydrogen (secondary N) is 2. The van der Waals surface area contributed by atoms with Gasteiger partial charge in [-0.1, -0.05) is 158 Å². The summed E-state index contributed by atoms with van der Waals surface area (Å²) in [6, 6.07) is 79.7. The number of nitrogens with zero attached hydrogens (tertiary/aromatic N) is 2. The molecule has 0 heterocycles. The zero-order valence-electron chi connectivity index (χ0n) is 39.7. The molecule has 0 aromatic heterocycles. The van der Waals surface area contributed by atoms with Crippen molar-refractivity contribution in [1.29, 1.82) is 0 Å². The Labute approximate surface area is 408 Å². The van der Waals surface area contributed by atoms with Crippen LogP contribution in [0.15, 0.2) is 218 Å². The lowest BCUT2D eigenvalue weighted by Crippen LogP contribution is -2.13. The van der Waals surface area contributed by atoms with Gasteiger partial charge in [0.05, 0.1) is 22.7 Å². The minimum absolute atomic E-state index is 1.04. The number of hydrogen-bond donors (Lipinski definition) is 2. The van der Waals surface area contributed by atoms with Crippen LogP contribution in [0.3, 0.4) is 0 Å². The fraction of sp³-hybridized carbons (Fsp3) is 0.0606. The van der Waals surface area contributed by atoms with Crippen molar-refractivity contribution in [3.8, 4) is 0 Å². The largest absolute Gasteiger partial charge is 0.354 e. The van der Waals surface area contributed by atoms with Gasteiger partial charge in [-0.05, 0) is 143 Å². The highest BCUT2D eigenvalue weighted by Gasteiger charge is 2.30.